The number of hydrogen-bond acceptors (Lipinski definition) is 5. The van der Waals surface area contributed by atoms with Crippen molar-refractivity contribution in [1.82, 2.24) is 9.88 Å². The van der Waals surface area contributed by atoms with E-state index in [1.807, 2.05) is 16.8 Å². The van der Waals surface area contributed by atoms with E-state index in [9.17, 15) is 9.59 Å². The molecule has 2 aromatic rings. The summed E-state index contributed by atoms with van der Waals surface area (Å²) in [6.07, 6.45) is 1.65. The highest BCUT2D eigenvalue weighted by Gasteiger charge is 2.36. The van der Waals surface area contributed by atoms with Crippen LogP contribution in [-0.2, 0) is 4.79 Å². The zero-order chi connectivity index (χ0) is 13.2. The Kier molecular flexibility index (Phi) is 3.31. The van der Waals surface area contributed by atoms with E-state index >= 15 is 0 Å². The lowest BCUT2D eigenvalue weighted by Gasteiger charge is -2.37. The van der Waals surface area contributed by atoms with Crippen LogP contribution in [0.2, 0.25) is 0 Å². The molecular formula is C12H11N3O2S2. The fourth-order valence-corrected chi connectivity index (χ4v) is 3.08. The average molecular weight is 293 g/mol. The number of rotatable bonds is 3. The van der Waals surface area contributed by atoms with Crippen molar-refractivity contribution in [2.45, 2.75) is 0 Å². The summed E-state index contributed by atoms with van der Waals surface area (Å²) >= 11 is 2.81. The minimum Gasteiger partial charge on any atom is -0.336 e. The molecule has 0 atom stereocenters. The van der Waals surface area contributed by atoms with E-state index in [1.54, 1.807) is 17.2 Å². The fourth-order valence-electron chi connectivity index (χ4n) is 1.86. The SMILES string of the molecule is O=C(Nc1nccs1)C1CN(C(=O)c2cccs2)C1. The first-order chi connectivity index (χ1) is 9.24. The van der Waals surface area contributed by atoms with Gasteiger partial charge in [0.05, 0.1) is 10.8 Å². The molecule has 0 bridgehead atoms. The monoisotopic (exact) mass is 293 g/mol. The maximum absolute atomic E-state index is 12.0. The van der Waals surface area contributed by atoms with Gasteiger partial charge in [-0.1, -0.05) is 6.07 Å². The highest BCUT2D eigenvalue weighted by Crippen LogP contribution is 2.22. The van der Waals surface area contributed by atoms with Gasteiger partial charge in [-0.15, -0.1) is 22.7 Å². The molecule has 0 saturated carbocycles. The van der Waals surface area contributed by atoms with E-state index < -0.39 is 0 Å². The molecule has 1 fully saturated rings. The van der Waals surface area contributed by atoms with Crippen LogP contribution in [0.15, 0.2) is 29.1 Å². The van der Waals surface area contributed by atoms with Crippen LogP contribution >= 0.6 is 22.7 Å². The van der Waals surface area contributed by atoms with Gasteiger partial charge in [-0.3, -0.25) is 9.59 Å². The molecule has 0 aromatic carbocycles. The lowest BCUT2D eigenvalue weighted by Crippen LogP contribution is -2.54. The molecule has 0 radical (unpaired) electrons. The van der Waals surface area contributed by atoms with Gasteiger partial charge in [0.1, 0.15) is 0 Å². The normalized spacial score (nSPS) is 15.1. The van der Waals surface area contributed by atoms with E-state index in [1.165, 1.54) is 22.7 Å². The summed E-state index contributed by atoms with van der Waals surface area (Å²) in [5.41, 5.74) is 0. The van der Waals surface area contributed by atoms with E-state index in [4.69, 9.17) is 0 Å². The fraction of sp³-hybridized carbons (Fsp3) is 0.250. The van der Waals surface area contributed by atoms with Gasteiger partial charge in [-0.25, -0.2) is 4.98 Å². The van der Waals surface area contributed by atoms with Crippen molar-refractivity contribution in [3.05, 3.63) is 34.0 Å². The van der Waals surface area contributed by atoms with Crippen LogP contribution in [-0.4, -0.2) is 34.8 Å². The zero-order valence-electron chi connectivity index (χ0n) is 9.91. The molecule has 2 aromatic heterocycles. The highest BCUT2D eigenvalue weighted by atomic mass is 32.1. The molecule has 1 N–H and O–H groups in total. The molecular weight excluding hydrogens is 282 g/mol. The van der Waals surface area contributed by atoms with Crippen LogP contribution < -0.4 is 5.32 Å². The Labute approximate surface area is 117 Å². The number of aromatic nitrogens is 1. The van der Waals surface area contributed by atoms with Gasteiger partial charge in [-0.05, 0) is 11.4 Å². The second-order valence-electron chi connectivity index (χ2n) is 4.21. The van der Waals surface area contributed by atoms with E-state index in [-0.39, 0.29) is 17.7 Å². The lowest BCUT2D eigenvalue weighted by atomic mass is 9.99. The molecule has 1 saturated heterocycles. The Morgan fingerprint density at radius 3 is 2.79 bits per heavy atom. The van der Waals surface area contributed by atoms with Crippen LogP contribution in [0.4, 0.5) is 5.13 Å². The summed E-state index contributed by atoms with van der Waals surface area (Å²) in [6, 6.07) is 3.65. The number of hydrogen-bond donors (Lipinski definition) is 1. The topological polar surface area (TPSA) is 62.3 Å². The number of nitrogens with zero attached hydrogens (tertiary/aromatic N) is 2. The van der Waals surface area contributed by atoms with Gasteiger partial charge >= 0.3 is 0 Å². The van der Waals surface area contributed by atoms with Crippen molar-refractivity contribution in [3.63, 3.8) is 0 Å². The Morgan fingerprint density at radius 1 is 1.32 bits per heavy atom. The number of likely N-dealkylation sites (tertiary alicyclic amines) is 1. The Bertz CT molecular complexity index is 574. The van der Waals surface area contributed by atoms with Crippen LogP contribution in [0, 0.1) is 5.92 Å². The Hall–Kier alpha value is -1.73. The molecule has 3 rings (SSSR count). The van der Waals surface area contributed by atoms with Gasteiger partial charge in [0.15, 0.2) is 5.13 Å². The predicted octanol–water partition coefficient (Wildman–Crippen LogP) is 1.92. The number of nitrogens with one attached hydrogen (secondary N) is 1. The largest absolute Gasteiger partial charge is 0.336 e. The number of carbonyl (C=O) groups excluding carboxylic acids is 2. The van der Waals surface area contributed by atoms with Crippen LogP contribution in [0.1, 0.15) is 9.67 Å². The van der Waals surface area contributed by atoms with E-state index in [2.05, 4.69) is 10.3 Å². The number of thiazole rings is 1. The van der Waals surface area contributed by atoms with Crippen molar-refractivity contribution in [2.24, 2.45) is 5.92 Å². The van der Waals surface area contributed by atoms with Gasteiger partial charge in [0, 0.05) is 24.7 Å². The van der Waals surface area contributed by atoms with Gasteiger partial charge < -0.3 is 10.2 Å². The number of carbonyl (C=O) groups is 2. The molecule has 0 aliphatic carbocycles. The third-order valence-electron chi connectivity index (χ3n) is 2.93. The lowest BCUT2D eigenvalue weighted by molar-refractivity contribution is -0.123. The smallest absolute Gasteiger partial charge is 0.263 e. The zero-order valence-corrected chi connectivity index (χ0v) is 11.5. The first-order valence-electron chi connectivity index (χ1n) is 5.77. The molecule has 1 aliphatic heterocycles. The van der Waals surface area contributed by atoms with Gasteiger partial charge in [0.2, 0.25) is 5.91 Å². The summed E-state index contributed by atoms with van der Waals surface area (Å²) in [5, 5.41) is 7.04. The third-order valence-corrected chi connectivity index (χ3v) is 4.48. The summed E-state index contributed by atoms with van der Waals surface area (Å²) in [7, 11) is 0. The molecule has 98 valence electrons. The van der Waals surface area contributed by atoms with E-state index in [0.29, 0.717) is 18.2 Å². The van der Waals surface area contributed by atoms with Crippen molar-refractivity contribution in [2.75, 3.05) is 18.4 Å². The van der Waals surface area contributed by atoms with Gasteiger partial charge in [-0.2, -0.15) is 0 Å². The summed E-state index contributed by atoms with van der Waals surface area (Å²) in [5.74, 6) is -0.189. The minimum absolute atomic E-state index is 0.00768. The number of amides is 2. The number of anilines is 1. The van der Waals surface area contributed by atoms with E-state index in [0.717, 1.165) is 4.88 Å². The van der Waals surface area contributed by atoms with Crippen molar-refractivity contribution >= 4 is 39.6 Å². The molecule has 1 aliphatic rings. The van der Waals surface area contributed by atoms with Crippen LogP contribution in [0.3, 0.4) is 0 Å². The number of thiophene rings is 1. The van der Waals surface area contributed by atoms with Crippen LogP contribution in [0.5, 0.6) is 0 Å². The van der Waals surface area contributed by atoms with Crippen molar-refractivity contribution in [1.29, 1.82) is 0 Å². The minimum atomic E-state index is -0.132. The molecule has 19 heavy (non-hydrogen) atoms. The van der Waals surface area contributed by atoms with Crippen molar-refractivity contribution < 1.29 is 9.59 Å². The standard InChI is InChI=1S/C12H11N3O2S2/c16-10(14-12-13-3-5-19-12)8-6-15(7-8)11(17)9-2-1-4-18-9/h1-5,8H,6-7H2,(H,13,14,16). The quantitative estimate of drug-likeness (QED) is 0.940. The Morgan fingerprint density at radius 2 is 2.16 bits per heavy atom. The maximum atomic E-state index is 12.0. The third kappa shape index (κ3) is 2.52. The molecule has 2 amide bonds. The summed E-state index contributed by atoms with van der Waals surface area (Å²) < 4.78 is 0. The summed E-state index contributed by atoms with van der Waals surface area (Å²) in [4.78, 5) is 30.2. The van der Waals surface area contributed by atoms with Gasteiger partial charge in [0.25, 0.3) is 5.91 Å². The molecule has 5 nitrogen and oxygen atoms in total. The predicted molar refractivity (Wildman–Crippen MR) is 74.5 cm³/mol. The highest BCUT2D eigenvalue weighted by molar-refractivity contribution is 7.13. The van der Waals surface area contributed by atoms with Crippen LogP contribution in [0.25, 0.3) is 0 Å². The first-order valence-corrected chi connectivity index (χ1v) is 7.53. The Balaban J connectivity index is 1.52. The second kappa shape index (κ2) is 5.10. The maximum Gasteiger partial charge on any atom is 0.263 e. The molecule has 0 unspecified atom stereocenters. The molecule has 3 heterocycles. The second-order valence-corrected chi connectivity index (χ2v) is 6.05. The average Bonchev–Trinajstić information content (AvgIpc) is 2.98. The first kappa shape index (κ1) is 12.3. The van der Waals surface area contributed by atoms with Crippen molar-refractivity contribution in [3.8, 4) is 0 Å². The molecule has 0 spiro atoms. The molecule has 7 heteroatoms. The summed E-state index contributed by atoms with van der Waals surface area (Å²) in [6.45, 7) is 0.960.